The summed E-state index contributed by atoms with van der Waals surface area (Å²) >= 11 is 0. The molecule has 8 aromatic carbocycles. The Bertz CT molecular complexity index is 3500. The van der Waals surface area contributed by atoms with E-state index in [9.17, 15) is 0 Å². The molecule has 0 radical (unpaired) electrons. The van der Waals surface area contributed by atoms with E-state index in [4.69, 9.17) is 0 Å². The number of fused-ring (bicyclic) bond motifs is 10. The molecule has 0 atom stereocenters. The lowest BCUT2D eigenvalue weighted by Gasteiger charge is -2.37. The van der Waals surface area contributed by atoms with Crippen molar-refractivity contribution in [1.29, 1.82) is 0 Å². The normalized spacial score (nSPS) is 19.7. The number of hydrogen-bond acceptors (Lipinski definition) is 2. The van der Waals surface area contributed by atoms with E-state index in [1.54, 1.807) is 44.5 Å². The second-order valence-corrected chi connectivity index (χ2v) is 29.5. The predicted octanol–water partition coefficient (Wildman–Crippen LogP) is 23.5. The van der Waals surface area contributed by atoms with Crippen LogP contribution in [-0.4, -0.2) is 0 Å². The van der Waals surface area contributed by atoms with Gasteiger partial charge in [-0.1, -0.05) is 171 Å². The van der Waals surface area contributed by atoms with Crippen LogP contribution in [-0.2, 0) is 43.3 Å². The first-order valence-electron chi connectivity index (χ1n) is 32.4. The Hall–Kier alpha value is -6.12. The van der Waals surface area contributed by atoms with Gasteiger partial charge < -0.3 is 9.80 Å². The molecule has 2 heteroatoms. The van der Waals surface area contributed by atoms with Crippen molar-refractivity contribution in [2.45, 2.75) is 231 Å². The van der Waals surface area contributed by atoms with Gasteiger partial charge in [-0.15, -0.1) is 0 Å². The number of anilines is 6. The first-order valence-corrected chi connectivity index (χ1v) is 32.4. The van der Waals surface area contributed by atoms with Gasteiger partial charge in [-0.3, -0.25) is 0 Å². The van der Waals surface area contributed by atoms with E-state index < -0.39 is 0 Å². The topological polar surface area (TPSA) is 6.48 Å². The minimum atomic E-state index is 0.00306. The van der Waals surface area contributed by atoms with Crippen LogP contribution < -0.4 is 9.80 Å². The van der Waals surface area contributed by atoms with Crippen LogP contribution in [0, 0.1) is 0 Å². The maximum atomic E-state index is 2.77. The fraction of sp³-hybridized carbons (Fsp3) is 0.450. The van der Waals surface area contributed by atoms with Gasteiger partial charge in [0.05, 0.1) is 11.4 Å². The van der Waals surface area contributed by atoms with Crippen LogP contribution >= 0.6 is 0 Å². The highest BCUT2D eigenvalue weighted by molar-refractivity contribution is 6.13. The fourth-order valence-electron chi connectivity index (χ4n) is 19.5. The third kappa shape index (κ3) is 7.56. The quantitative estimate of drug-likeness (QED) is 0.107. The average molecular weight is 1080 g/mol. The molecule has 13 rings (SSSR count). The van der Waals surface area contributed by atoms with E-state index in [-0.39, 0.29) is 43.3 Å². The Morgan fingerprint density at radius 2 is 0.537 bits per heavy atom. The van der Waals surface area contributed by atoms with Crippen LogP contribution in [0.3, 0.4) is 0 Å². The molecule has 0 bridgehead atoms. The van der Waals surface area contributed by atoms with Crippen molar-refractivity contribution in [3.05, 3.63) is 178 Å². The van der Waals surface area contributed by atoms with Gasteiger partial charge in [0.2, 0.25) is 0 Å². The number of rotatable bonds is 14. The zero-order valence-corrected chi connectivity index (χ0v) is 53.1. The Labute approximate surface area is 494 Å². The predicted molar refractivity (Wildman–Crippen MR) is 355 cm³/mol. The first-order chi connectivity index (χ1) is 39.1. The Balaban J connectivity index is 0.989. The summed E-state index contributed by atoms with van der Waals surface area (Å²) < 4.78 is 0. The monoisotopic (exact) mass is 1080 g/mol. The Morgan fingerprint density at radius 1 is 0.280 bits per heavy atom. The van der Waals surface area contributed by atoms with Gasteiger partial charge in [0.1, 0.15) is 0 Å². The lowest BCUT2D eigenvalue weighted by atomic mass is 9.72. The van der Waals surface area contributed by atoms with Crippen molar-refractivity contribution in [1.82, 2.24) is 0 Å². The molecule has 0 unspecified atom stereocenters. The summed E-state index contributed by atoms with van der Waals surface area (Å²) in [5.74, 6) is 0. The highest BCUT2D eigenvalue weighted by Crippen LogP contribution is 2.68. The van der Waals surface area contributed by atoms with Crippen LogP contribution in [0.4, 0.5) is 34.1 Å². The van der Waals surface area contributed by atoms with E-state index in [2.05, 4.69) is 254 Å². The van der Waals surface area contributed by atoms with Crippen molar-refractivity contribution in [3.63, 3.8) is 0 Å². The molecule has 0 amide bonds. The standard InChI is InChI=1S/C80H94N2/c1-17-77(18-2)47-73(9,10)67-63(77)45-64-68(74(11,12)48-78(64,19-3)20-4)71(67)81(55-31-27-25-28-32-55)57-37-35-51-41-59-60-42-52-36-38-58(40-54(52)44-62(60)61(59)43-53(51)39-57)82(56-33-29-26-30-34-56)72-69-65(79(21-5,22-6)49-75(69,13)14)46-66-70(72)76(15,16)50-80(66,23-7)24-8/h25-46H,17-24,47-50H2,1-16H3. The summed E-state index contributed by atoms with van der Waals surface area (Å²) in [7, 11) is 0. The molecular formula is C80H94N2. The lowest BCUT2D eigenvalue weighted by molar-refractivity contribution is 0.322. The minimum Gasteiger partial charge on any atom is -0.310 e. The van der Waals surface area contributed by atoms with Crippen molar-refractivity contribution < 1.29 is 0 Å². The summed E-state index contributed by atoms with van der Waals surface area (Å²) in [4.78, 5) is 5.44. The maximum Gasteiger partial charge on any atom is 0.0542 e. The van der Waals surface area contributed by atoms with Gasteiger partial charge in [0.25, 0.3) is 0 Å². The molecule has 0 heterocycles. The van der Waals surface area contributed by atoms with Gasteiger partial charge in [-0.2, -0.15) is 0 Å². The molecule has 0 spiro atoms. The second-order valence-electron chi connectivity index (χ2n) is 29.5. The molecule has 0 aromatic heterocycles. The van der Waals surface area contributed by atoms with Gasteiger partial charge in [-0.25, -0.2) is 0 Å². The second kappa shape index (κ2) is 18.7. The van der Waals surface area contributed by atoms with E-state index in [1.165, 1.54) is 104 Å². The molecule has 0 saturated heterocycles. The molecule has 0 aliphatic heterocycles. The van der Waals surface area contributed by atoms with Crippen LogP contribution in [0.25, 0.3) is 43.8 Å². The average Bonchev–Trinajstić information content (AvgIpc) is 1.53. The SMILES string of the molecule is CCC1(CC)CC(C)(C)c2c1cc1c(c2N(c2ccccc2)c2ccc3cc4c(cc3c2)-c2cc3cc(N(c5ccccc5)c5c6c(cc7c5C(C)(C)CC7(CC)CC)C(CC)(CC)CC6(C)C)ccc3cc2-4)C(C)(C)CC1(CC)CC. The van der Waals surface area contributed by atoms with Crippen LogP contribution in [0.1, 0.15) is 232 Å². The van der Waals surface area contributed by atoms with Crippen LogP contribution in [0.15, 0.2) is 133 Å². The summed E-state index contributed by atoms with van der Waals surface area (Å²) in [5, 5.41) is 5.19. The Kier molecular flexibility index (Phi) is 12.6. The Morgan fingerprint density at radius 3 is 0.793 bits per heavy atom. The molecule has 2 nitrogen and oxygen atoms in total. The van der Waals surface area contributed by atoms with E-state index in [1.807, 2.05) is 0 Å². The molecule has 0 fully saturated rings. The van der Waals surface area contributed by atoms with Gasteiger partial charge in [0.15, 0.2) is 0 Å². The van der Waals surface area contributed by atoms with Gasteiger partial charge >= 0.3 is 0 Å². The largest absolute Gasteiger partial charge is 0.310 e. The maximum absolute atomic E-state index is 2.77. The lowest BCUT2D eigenvalue weighted by Crippen LogP contribution is -2.26. The van der Waals surface area contributed by atoms with Crippen LogP contribution in [0.2, 0.25) is 0 Å². The fourth-order valence-corrected chi connectivity index (χ4v) is 19.5. The third-order valence-corrected chi connectivity index (χ3v) is 23.6. The summed E-state index contributed by atoms with van der Waals surface area (Å²) in [5.41, 5.74) is 26.8. The molecule has 5 aliphatic rings. The summed E-state index contributed by atoms with van der Waals surface area (Å²) in [6.07, 6.45) is 14.0. The first kappa shape index (κ1) is 55.1. The van der Waals surface area contributed by atoms with E-state index in [0.717, 1.165) is 51.4 Å². The molecule has 82 heavy (non-hydrogen) atoms. The van der Waals surface area contributed by atoms with Crippen molar-refractivity contribution in [2.24, 2.45) is 0 Å². The van der Waals surface area contributed by atoms with E-state index >= 15 is 0 Å². The number of hydrogen-bond donors (Lipinski definition) is 0. The zero-order chi connectivity index (χ0) is 57.9. The van der Waals surface area contributed by atoms with Gasteiger partial charge in [-0.05, 0) is 281 Å². The van der Waals surface area contributed by atoms with Crippen molar-refractivity contribution in [2.75, 3.05) is 9.80 Å². The summed E-state index contributed by atoms with van der Waals surface area (Å²) in [6.45, 7) is 40.1. The highest BCUT2D eigenvalue weighted by atomic mass is 15.2. The highest BCUT2D eigenvalue weighted by Gasteiger charge is 2.57. The molecule has 5 aliphatic carbocycles. The number of benzene rings is 8. The molecule has 0 saturated carbocycles. The molecule has 424 valence electrons. The van der Waals surface area contributed by atoms with Crippen LogP contribution in [0.5, 0.6) is 0 Å². The van der Waals surface area contributed by atoms with Crippen molar-refractivity contribution in [3.8, 4) is 22.3 Å². The smallest absolute Gasteiger partial charge is 0.0542 e. The van der Waals surface area contributed by atoms with E-state index in [0.29, 0.717) is 0 Å². The number of nitrogens with zero attached hydrogens (tertiary/aromatic N) is 2. The minimum absolute atomic E-state index is 0.00306. The summed E-state index contributed by atoms with van der Waals surface area (Å²) in [6, 6.07) is 53.1. The molecular weight excluding hydrogens is 989 g/mol. The van der Waals surface area contributed by atoms with Crippen molar-refractivity contribution >= 4 is 55.7 Å². The van der Waals surface area contributed by atoms with Gasteiger partial charge in [0, 0.05) is 22.7 Å². The zero-order valence-electron chi connectivity index (χ0n) is 53.1. The number of para-hydroxylation sites is 2. The third-order valence-electron chi connectivity index (χ3n) is 23.6. The molecule has 0 N–H and O–H groups in total. The molecule has 8 aromatic rings.